The Balaban J connectivity index is 1.38. The Labute approximate surface area is 157 Å². The number of halogens is 1. The van der Waals surface area contributed by atoms with Gasteiger partial charge in [0.1, 0.15) is 5.82 Å². The van der Waals surface area contributed by atoms with Crippen LogP contribution >= 0.6 is 0 Å². The van der Waals surface area contributed by atoms with Gasteiger partial charge in [-0.05, 0) is 61.4 Å². The van der Waals surface area contributed by atoms with Crippen LogP contribution in [-0.4, -0.2) is 31.4 Å². The van der Waals surface area contributed by atoms with E-state index in [0.717, 1.165) is 18.8 Å². The lowest BCUT2D eigenvalue weighted by Crippen LogP contribution is -2.28. The van der Waals surface area contributed by atoms with Crippen molar-refractivity contribution in [3.63, 3.8) is 0 Å². The summed E-state index contributed by atoms with van der Waals surface area (Å²) in [5.74, 6) is -1.05. The van der Waals surface area contributed by atoms with E-state index in [1.807, 2.05) is 24.3 Å². The quantitative estimate of drug-likeness (QED) is 0.901. The molecule has 2 aliphatic rings. The molecule has 2 fully saturated rings. The Morgan fingerprint density at radius 3 is 2.26 bits per heavy atom. The van der Waals surface area contributed by atoms with Crippen LogP contribution in [0.4, 0.5) is 21.5 Å². The fourth-order valence-electron chi connectivity index (χ4n) is 3.73. The van der Waals surface area contributed by atoms with E-state index in [2.05, 4.69) is 10.2 Å². The van der Waals surface area contributed by atoms with Gasteiger partial charge in [-0.2, -0.15) is 0 Å². The maximum atomic E-state index is 13.1. The molecule has 0 spiro atoms. The molecule has 4 rings (SSSR count). The Kier molecular flexibility index (Phi) is 4.79. The van der Waals surface area contributed by atoms with Crippen LogP contribution in [0.1, 0.15) is 19.3 Å². The molecule has 5 nitrogen and oxygen atoms in total. The number of amides is 2. The zero-order chi connectivity index (χ0) is 18.8. The molecule has 0 saturated carbocycles. The van der Waals surface area contributed by atoms with Crippen molar-refractivity contribution in [2.24, 2.45) is 5.92 Å². The van der Waals surface area contributed by atoms with E-state index in [4.69, 9.17) is 0 Å². The van der Waals surface area contributed by atoms with Crippen molar-refractivity contribution in [3.05, 3.63) is 54.3 Å². The summed E-state index contributed by atoms with van der Waals surface area (Å²) >= 11 is 0. The largest absolute Gasteiger partial charge is 0.372 e. The minimum absolute atomic E-state index is 0.119. The number of hydrogen-bond acceptors (Lipinski definition) is 3. The van der Waals surface area contributed by atoms with Crippen molar-refractivity contribution in [1.29, 1.82) is 0 Å². The average Bonchev–Trinajstić information content (AvgIpc) is 3.33. The van der Waals surface area contributed by atoms with Crippen molar-refractivity contribution < 1.29 is 14.0 Å². The van der Waals surface area contributed by atoms with Crippen LogP contribution < -0.4 is 15.1 Å². The van der Waals surface area contributed by atoms with Crippen LogP contribution in [0, 0.1) is 11.7 Å². The second kappa shape index (κ2) is 7.39. The number of nitrogens with one attached hydrogen (secondary N) is 1. The first-order valence-electron chi connectivity index (χ1n) is 9.32. The van der Waals surface area contributed by atoms with E-state index >= 15 is 0 Å². The smallest absolute Gasteiger partial charge is 0.229 e. The van der Waals surface area contributed by atoms with Crippen LogP contribution in [0.3, 0.4) is 0 Å². The zero-order valence-corrected chi connectivity index (χ0v) is 15.0. The third kappa shape index (κ3) is 3.79. The van der Waals surface area contributed by atoms with Gasteiger partial charge in [0.05, 0.1) is 5.92 Å². The predicted molar refractivity (Wildman–Crippen MR) is 103 cm³/mol. The van der Waals surface area contributed by atoms with Gasteiger partial charge in [0.2, 0.25) is 11.8 Å². The second-order valence-corrected chi connectivity index (χ2v) is 7.11. The maximum Gasteiger partial charge on any atom is 0.229 e. The molecule has 140 valence electrons. The van der Waals surface area contributed by atoms with Crippen LogP contribution in [-0.2, 0) is 9.59 Å². The van der Waals surface area contributed by atoms with Crippen molar-refractivity contribution in [2.45, 2.75) is 19.3 Å². The van der Waals surface area contributed by atoms with Crippen LogP contribution in [0.5, 0.6) is 0 Å². The molecule has 2 amide bonds. The van der Waals surface area contributed by atoms with E-state index in [0.29, 0.717) is 12.2 Å². The van der Waals surface area contributed by atoms with Crippen LogP contribution in [0.15, 0.2) is 48.5 Å². The van der Waals surface area contributed by atoms with E-state index in [1.165, 1.54) is 30.7 Å². The van der Waals surface area contributed by atoms with Crippen molar-refractivity contribution in [1.82, 2.24) is 0 Å². The van der Waals surface area contributed by atoms with Gasteiger partial charge >= 0.3 is 0 Å². The topological polar surface area (TPSA) is 52.7 Å². The van der Waals surface area contributed by atoms with Gasteiger partial charge in [0.25, 0.3) is 0 Å². The molecule has 2 heterocycles. The minimum atomic E-state index is -0.416. The van der Waals surface area contributed by atoms with Crippen molar-refractivity contribution >= 4 is 28.9 Å². The van der Waals surface area contributed by atoms with Gasteiger partial charge in [0, 0.05) is 43.1 Å². The van der Waals surface area contributed by atoms with E-state index in [9.17, 15) is 14.0 Å². The van der Waals surface area contributed by atoms with E-state index < -0.39 is 5.92 Å². The molecule has 1 atom stereocenters. The maximum absolute atomic E-state index is 13.1. The minimum Gasteiger partial charge on any atom is -0.372 e. The van der Waals surface area contributed by atoms with E-state index in [1.54, 1.807) is 17.0 Å². The molecule has 2 saturated heterocycles. The monoisotopic (exact) mass is 367 g/mol. The molecule has 2 aromatic carbocycles. The fourth-order valence-corrected chi connectivity index (χ4v) is 3.73. The highest BCUT2D eigenvalue weighted by molar-refractivity contribution is 6.03. The number of carbonyl (C=O) groups is 2. The van der Waals surface area contributed by atoms with Gasteiger partial charge in [-0.25, -0.2) is 4.39 Å². The Morgan fingerprint density at radius 1 is 0.963 bits per heavy atom. The summed E-state index contributed by atoms with van der Waals surface area (Å²) in [4.78, 5) is 28.7. The SMILES string of the molecule is O=C(Nc1ccc(N2CCCC2)cc1)C1CC(=O)N(c2ccc(F)cc2)C1. The molecule has 2 aliphatic heterocycles. The Bertz CT molecular complexity index is 830. The average molecular weight is 367 g/mol. The number of benzene rings is 2. The zero-order valence-electron chi connectivity index (χ0n) is 15.0. The lowest BCUT2D eigenvalue weighted by atomic mass is 10.1. The molecule has 6 heteroatoms. The summed E-state index contributed by atoms with van der Waals surface area (Å²) in [6, 6.07) is 13.6. The Morgan fingerprint density at radius 2 is 1.59 bits per heavy atom. The molecule has 1 unspecified atom stereocenters. The summed E-state index contributed by atoms with van der Waals surface area (Å²) in [5.41, 5.74) is 2.52. The summed E-state index contributed by atoms with van der Waals surface area (Å²) in [5, 5.41) is 2.91. The first kappa shape index (κ1) is 17.5. The molecular formula is C21H22FN3O2. The van der Waals surface area contributed by atoms with Gasteiger partial charge in [0.15, 0.2) is 0 Å². The summed E-state index contributed by atoms with van der Waals surface area (Å²) in [6.45, 7) is 2.46. The molecular weight excluding hydrogens is 345 g/mol. The number of nitrogens with zero attached hydrogens (tertiary/aromatic N) is 2. The van der Waals surface area contributed by atoms with E-state index in [-0.39, 0.29) is 24.1 Å². The van der Waals surface area contributed by atoms with Gasteiger partial charge in [-0.3, -0.25) is 9.59 Å². The highest BCUT2D eigenvalue weighted by Gasteiger charge is 2.35. The number of hydrogen-bond donors (Lipinski definition) is 1. The first-order valence-corrected chi connectivity index (χ1v) is 9.32. The normalized spacial score (nSPS) is 19.6. The van der Waals surface area contributed by atoms with Crippen LogP contribution in [0.25, 0.3) is 0 Å². The summed E-state index contributed by atoms with van der Waals surface area (Å²) in [7, 11) is 0. The lowest BCUT2D eigenvalue weighted by molar-refractivity contribution is -0.122. The summed E-state index contributed by atoms with van der Waals surface area (Å²) in [6.07, 6.45) is 2.60. The number of anilines is 3. The molecule has 0 aromatic heterocycles. The third-order valence-electron chi connectivity index (χ3n) is 5.24. The molecule has 0 radical (unpaired) electrons. The van der Waals surface area contributed by atoms with Crippen molar-refractivity contribution in [2.75, 3.05) is 34.8 Å². The molecule has 1 N–H and O–H groups in total. The van der Waals surface area contributed by atoms with Crippen molar-refractivity contribution in [3.8, 4) is 0 Å². The van der Waals surface area contributed by atoms with Crippen LogP contribution in [0.2, 0.25) is 0 Å². The highest BCUT2D eigenvalue weighted by atomic mass is 19.1. The predicted octanol–water partition coefficient (Wildman–Crippen LogP) is 3.42. The lowest BCUT2D eigenvalue weighted by Gasteiger charge is -2.18. The van der Waals surface area contributed by atoms with Gasteiger partial charge < -0.3 is 15.1 Å². The molecule has 0 bridgehead atoms. The standard InChI is InChI=1S/C21H22FN3O2/c22-16-3-7-19(8-4-16)25-14-15(13-20(25)26)21(27)23-17-5-9-18(10-6-17)24-11-1-2-12-24/h3-10,15H,1-2,11-14H2,(H,23,27). The molecule has 2 aromatic rings. The number of rotatable bonds is 4. The van der Waals surface area contributed by atoms with Gasteiger partial charge in [-0.1, -0.05) is 0 Å². The number of carbonyl (C=O) groups excluding carboxylic acids is 2. The Hall–Kier alpha value is -2.89. The molecule has 27 heavy (non-hydrogen) atoms. The van der Waals surface area contributed by atoms with Gasteiger partial charge in [-0.15, -0.1) is 0 Å². The second-order valence-electron chi connectivity index (χ2n) is 7.11. The third-order valence-corrected chi connectivity index (χ3v) is 5.24. The first-order chi connectivity index (χ1) is 13.1. The summed E-state index contributed by atoms with van der Waals surface area (Å²) < 4.78 is 13.1. The fraction of sp³-hybridized carbons (Fsp3) is 0.333. The molecule has 0 aliphatic carbocycles. The highest BCUT2D eigenvalue weighted by Crippen LogP contribution is 2.27.